The molecule has 5 N–H and O–H groups in total. The van der Waals surface area contributed by atoms with Gasteiger partial charge in [0.25, 0.3) is 0 Å². The second-order valence-corrected chi connectivity index (χ2v) is 3.72. The van der Waals surface area contributed by atoms with E-state index in [4.69, 9.17) is 0 Å². The number of rotatable bonds is 4. The van der Waals surface area contributed by atoms with Crippen LogP contribution in [-0.4, -0.2) is 40.1 Å². The van der Waals surface area contributed by atoms with Crippen LogP contribution in [0.1, 0.15) is 17.2 Å². The fourth-order valence-electron chi connectivity index (χ4n) is 1.48. The predicted octanol–water partition coefficient (Wildman–Crippen LogP) is 0.0199. The summed E-state index contributed by atoms with van der Waals surface area (Å²) in [6.45, 7) is 1.74. The molecule has 0 heterocycles. The Balaban J connectivity index is 3.00. The van der Waals surface area contributed by atoms with Crippen molar-refractivity contribution in [3.63, 3.8) is 0 Å². The number of aliphatic hydroxyl groups excluding tert-OH is 2. The summed E-state index contributed by atoms with van der Waals surface area (Å²) >= 11 is 0. The molecule has 0 amide bonds. The molecule has 0 aliphatic rings. The SMILES string of the molecule is CNCC(O)C(O)c1ccc(O)c(C)c1O. The summed E-state index contributed by atoms with van der Waals surface area (Å²) in [6.07, 6.45) is -2.20. The quantitative estimate of drug-likeness (QED) is 0.500. The molecule has 0 aliphatic carbocycles. The van der Waals surface area contributed by atoms with Crippen LogP contribution in [0.25, 0.3) is 0 Å². The third kappa shape index (κ3) is 2.44. The Kier molecular flexibility index (Phi) is 4.12. The maximum atomic E-state index is 9.78. The standard InChI is InChI=1S/C11H17NO4/c1-6-8(13)4-3-7(10(6)15)11(16)9(14)5-12-2/h3-4,9,11-16H,5H2,1-2H3. The first-order valence-corrected chi connectivity index (χ1v) is 5.01. The average molecular weight is 227 g/mol. The summed E-state index contributed by atoms with van der Waals surface area (Å²) < 4.78 is 0. The van der Waals surface area contributed by atoms with Crippen LogP contribution in [0.3, 0.4) is 0 Å². The van der Waals surface area contributed by atoms with Gasteiger partial charge in [-0.05, 0) is 26.1 Å². The minimum Gasteiger partial charge on any atom is -0.508 e. The largest absolute Gasteiger partial charge is 0.508 e. The molecule has 1 rings (SSSR count). The molecule has 1 aromatic rings. The predicted molar refractivity (Wildman–Crippen MR) is 59.4 cm³/mol. The zero-order chi connectivity index (χ0) is 12.3. The molecule has 0 fully saturated rings. The molecular formula is C11H17NO4. The van der Waals surface area contributed by atoms with Crippen molar-refractivity contribution >= 4 is 0 Å². The third-order valence-electron chi connectivity index (χ3n) is 2.53. The smallest absolute Gasteiger partial charge is 0.128 e. The number of aromatic hydroxyl groups is 2. The Labute approximate surface area is 94.0 Å². The number of benzene rings is 1. The van der Waals surface area contributed by atoms with Crippen molar-refractivity contribution in [1.29, 1.82) is 0 Å². The van der Waals surface area contributed by atoms with Gasteiger partial charge >= 0.3 is 0 Å². The minimum absolute atomic E-state index is 0.0449. The van der Waals surface area contributed by atoms with Crippen molar-refractivity contribution < 1.29 is 20.4 Å². The number of phenols is 2. The summed E-state index contributed by atoms with van der Waals surface area (Å²) in [5, 5.41) is 41.1. The van der Waals surface area contributed by atoms with Crippen LogP contribution in [0.5, 0.6) is 11.5 Å². The fourth-order valence-corrected chi connectivity index (χ4v) is 1.48. The Hall–Kier alpha value is -1.30. The van der Waals surface area contributed by atoms with E-state index in [-0.39, 0.29) is 29.2 Å². The third-order valence-corrected chi connectivity index (χ3v) is 2.53. The first-order valence-electron chi connectivity index (χ1n) is 5.01. The number of likely N-dealkylation sites (N-methyl/N-ethyl adjacent to an activating group) is 1. The van der Waals surface area contributed by atoms with Crippen molar-refractivity contribution in [2.24, 2.45) is 0 Å². The minimum atomic E-state index is -1.19. The number of aliphatic hydroxyl groups is 2. The van der Waals surface area contributed by atoms with E-state index in [0.717, 1.165) is 0 Å². The summed E-state index contributed by atoms with van der Waals surface area (Å²) in [5.41, 5.74) is 0.492. The number of nitrogens with one attached hydrogen (secondary N) is 1. The Morgan fingerprint density at radius 2 is 1.88 bits per heavy atom. The molecule has 0 saturated carbocycles. The second-order valence-electron chi connectivity index (χ2n) is 3.72. The summed E-state index contributed by atoms with van der Waals surface area (Å²) in [4.78, 5) is 0. The van der Waals surface area contributed by atoms with Gasteiger partial charge in [-0.25, -0.2) is 0 Å². The van der Waals surface area contributed by atoms with Gasteiger partial charge in [-0.15, -0.1) is 0 Å². The second kappa shape index (κ2) is 5.16. The van der Waals surface area contributed by atoms with Crippen molar-refractivity contribution in [2.75, 3.05) is 13.6 Å². The van der Waals surface area contributed by atoms with E-state index < -0.39 is 12.2 Å². The number of phenolic OH excluding ortho intramolecular Hbond substituents is 2. The van der Waals surface area contributed by atoms with E-state index >= 15 is 0 Å². The van der Waals surface area contributed by atoms with E-state index in [0.29, 0.717) is 0 Å². The lowest BCUT2D eigenvalue weighted by Crippen LogP contribution is -2.29. The monoisotopic (exact) mass is 227 g/mol. The van der Waals surface area contributed by atoms with Gasteiger partial charge < -0.3 is 25.7 Å². The lowest BCUT2D eigenvalue weighted by Gasteiger charge is -2.19. The van der Waals surface area contributed by atoms with Crippen LogP contribution in [0.15, 0.2) is 12.1 Å². The number of hydrogen-bond acceptors (Lipinski definition) is 5. The molecule has 2 atom stereocenters. The normalized spacial score (nSPS) is 14.8. The number of hydrogen-bond donors (Lipinski definition) is 5. The summed E-state index contributed by atoms with van der Waals surface area (Å²) in [7, 11) is 1.65. The molecule has 0 aromatic heterocycles. The van der Waals surface area contributed by atoms with E-state index in [2.05, 4.69) is 5.32 Å². The van der Waals surface area contributed by atoms with Gasteiger partial charge in [0, 0.05) is 17.7 Å². The highest BCUT2D eigenvalue weighted by atomic mass is 16.3. The zero-order valence-electron chi connectivity index (χ0n) is 9.31. The van der Waals surface area contributed by atoms with Gasteiger partial charge in [0.2, 0.25) is 0 Å². The van der Waals surface area contributed by atoms with Crippen LogP contribution < -0.4 is 5.32 Å². The van der Waals surface area contributed by atoms with Crippen molar-refractivity contribution in [3.05, 3.63) is 23.3 Å². The molecule has 90 valence electrons. The van der Waals surface area contributed by atoms with Gasteiger partial charge in [-0.2, -0.15) is 0 Å². The van der Waals surface area contributed by atoms with Crippen LogP contribution in [0.2, 0.25) is 0 Å². The molecule has 0 saturated heterocycles. The molecule has 0 bridgehead atoms. The Bertz CT molecular complexity index is 367. The topological polar surface area (TPSA) is 93.0 Å². The highest BCUT2D eigenvalue weighted by Gasteiger charge is 2.22. The maximum Gasteiger partial charge on any atom is 0.128 e. The molecule has 0 spiro atoms. The van der Waals surface area contributed by atoms with Gasteiger partial charge in [0.15, 0.2) is 0 Å². The van der Waals surface area contributed by atoms with E-state index in [1.807, 2.05) is 0 Å². The fraction of sp³-hybridized carbons (Fsp3) is 0.455. The Morgan fingerprint density at radius 1 is 1.25 bits per heavy atom. The first-order chi connectivity index (χ1) is 7.49. The lowest BCUT2D eigenvalue weighted by molar-refractivity contribution is 0.0188. The van der Waals surface area contributed by atoms with Crippen LogP contribution >= 0.6 is 0 Å². The average Bonchev–Trinajstić information content (AvgIpc) is 2.26. The van der Waals surface area contributed by atoms with E-state index in [9.17, 15) is 20.4 Å². The molecule has 5 heteroatoms. The Morgan fingerprint density at radius 3 is 2.44 bits per heavy atom. The highest BCUT2D eigenvalue weighted by molar-refractivity contribution is 5.48. The van der Waals surface area contributed by atoms with Crippen molar-refractivity contribution in [2.45, 2.75) is 19.1 Å². The molecule has 0 radical (unpaired) electrons. The van der Waals surface area contributed by atoms with E-state index in [1.165, 1.54) is 19.1 Å². The first kappa shape index (κ1) is 12.8. The van der Waals surface area contributed by atoms with Crippen LogP contribution in [0.4, 0.5) is 0 Å². The molecule has 1 aromatic carbocycles. The van der Waals surface area contributed by atoms with Gasteiger partial charge in [0.05, 0.1) is 6.10 Å². The van der Waals surface area contributed by atoms with E-state index in [1.54, 1.807) is 7.05 Å². The zero-order valence-corrected chi connectivity index (χ0v) is 9.31. The molecule has 16 heavy (non-hydrogen) atoms. The summed E-state index contributed by atoms with van der Waals surface area (Å²) in [5.74, 6) is -0.237. The molecule has 5 nitrogen and oxygen atoms in total. The van der Waals surface area contributed by atoms with Gasteiger partial charge in [-0.3, -0.25) is 0 Å². The molecular weight excluding hydrogens is 210 g/mol. The maximum absolute atomic E-state index is 9.78. The van der Waals surface area contributed by atoms with Gasteiger partial charge in [-0.1, -0.05) is 0 Å². The lowest BCUT2D eigenvalue weighted by atomic mass is 10.00. The van der Waals surface area contributed by atoms with Crippen LogP contribution in [0, 0.1) is 6.92 Å². The van der Waals surface area contributed by atoms with Crippen molar-refractivity contribution in [3.8, 4) is 11.5 Å². The van der Waals surface area contributed by atoms with Crippen LogP contribution in [-0.2, 0) is 0 Å². The van der Waals surface area contributed by atoms with Gasteiger partial charge in [0.1, 0.15) is 17.6 Å². The molecule has 2 unspecified atom stereocenters. The molecule has 0 aliphatic heterocycles. The highest BCUT2D eigenvalue weighted by Crippen LogP contribution is 2.34. The van der Waals surface area contributed by atoms with Crippen molar-refractivity contribution in [1.82, 2.24) is 5.32 Å². The summed E-state index contributed by atoms with van der Waals surface area (Å²) in [6, 6.07) is 2.76.